The SMILES string of the molecule is COC(=O)[C@@H]1C(=O)[C@@H](C=NCCO)C(=O)CC1(C)C. The van der Waals surface area contributed by atoms with E-state index in [-0.39, 0.29) is 25.4 Å². The van der Waals surface area contributed by atoms with Gasteiger partial charge in [0.25, 0.3) is 0 Å². The molecule has 0 aromatic carbocycles. The fourth-order valence-electron chi connectivity index (χ4n) is 2.33. The predicted octanol–water partition coefficient (Wildman–Crippen LogP) is 0.0230. The van der Waals surface area contributed by atoms with Crippen LogP contribution in [0.4, 0.5) is 0 Å². The van der Waals surface area contributed by atoms with Crippen LogP contribution in [-0.4, -0.2) is 49.1 Å². The van der Waals surface area contributed by atoms with Crippen LogP contribution in [0.2, 0.25) is 0 Å². The van der Waals surface area contributed by atoms with Crippen molar-refractivity contribution in [1.29, 1.82) is 0 Å². The molecule has 0 aromatic rings. The van der Waals surface area contributed by atoms with Crippen LogP contribution in [0.15, 0.2) is 4.99 Å². The Hall–Kier alpha value is -1.56. The second-order valence-corrected chi connectivity index (χ2v) is 5.25. The molecule has 1 rings (SSSR count). The number of hydrogen-bond acceptors (Lipinski definition) is 6. The number of aliphatic hydroxyl groups excluding tert-OH is 1. The molecule has 1 fully saturated rings. The molecular formula is C13H19NO5. The van der Waals surface area contributed by atoms with E-state index in [2.05, 4.69) is 9.73 Å². The van der Waals surface area contributed by atoms with Crippen molar-refractivity contribution in [3.05, 3.63) is 0 Å². The summed E-state index contributed by atoms with van der Waals surface area (Å²) in [5.41, 5.74) is -0.747. The van der Waals surface area contributed by atoms with Gasteiger partial charge in [0, 0.05) is 12.6 Å². The molecule has 1 saturated carbocycles. The number of methoxy groups -OCH3 is 1. The third-order valence-corrected chi connectivity index (χ3v) is 3.27. The lowest BCUT2D eigenvalue weighted by atomic mass is 9.64. The molecule has 1 N–H and O–H groups in total. The van der Waals surface area contributed by atoms with Gasteiger partial charge in [0.1, 0.15) is 17.6 Å². The maximum Gasteiger partial charge on any atom is 0.316 e. The van der Waals surface area contributed by atoms with Gasteiger partial charge in [0.2, 0.25) is 0 Å². The van der Waals surface area contributed by atoms with Crippen molar-refractivity contribution in [2.75, 3.05) is 20.3 Å². The Labute approximate surface area is 111 Å². The maximum atomic E-state index is 12.3. The number of nitrogens with zero attached hydrogens (tertiary/aromatic N) is 1. The normalized spacial score (nSPS) is 26.7. The summed E-state index contributed by atoms with van der Waals surface area (Å²) in [5, 5.41) is 8.63. The molecule has 0 bridgehead atoms. The third-order valence-electron chi connectivity index (χ3n) is 3.27. The van der Waals surface area contributed by atoms with Crippen LogP contribution in [0.25, 0.3) is 0 Å². The Morgan fingerprint density at radius 3 is 2.68 bits per heavy atom. The first-order chi connectivity index (χ1) is 8.85. The molecule has 0 amide bonds. The predicted molar refractivity (Wildman–Crippen MR) is 67.9 cm³/mol. The average Bonchev–Trinajstić information content (AvgIpc) is 2.31. The summed E-state index contributed by atoms with van der Waals surface area (Å²) in [5.74, 6) is -3.32. The van der Waals surface area contributed by atoms with Gasteiger partial charge in [-0.1, -0.05) is 13.8 Å². The third kappa shape index (κ3) is 3.26. The van der Waals surface area contributed by atoms with Crippen molar-refractivity contribution < 1.29 is 24.2 Å². The van der Waals surface area contributed by atoms with Gasteiger partial charge in [0.15, 0.2) is 5.78 Å². The van der Waals surface area contributed by atoms with Gasteiger partial charge in [-0.3, -0.25) is 19.4 Å². The number of rotatable bonds is 4. The zero-order valence-electron chi connectivity index (χ0n) is 11.4. The first-order valence-electron chi connectivity index (χ1n) is 6.10. The van der Waals surface area contributed by atoms with Gasteiger partial charge in [0.05, 0.1) is 20.3 Å². The molecule has 0 unspecified atom stereocenters. The van der Waals surface area contributed by atoms with Crippen molar-refractivity contribution in [2.45, 2.75) is 20.3 Å². The summed E-state index contributed by atoms with van der Waals surface area (Å²) >= 11 is 0. The monoisotopic (exact) mass is 269 g/mol. The van der Waals surface area contributed by atoms with Gasteiger partial charge in [-0.2, -0.15) is 0 Å². The molecule has 6 nitrogen and oxygen atoms in total. The Morgan fingerprint density at radius 2 is 2.16 bits per heavy atom. The highest BCUT2D eigenvalue weighted by atomic mass is 16.5. The summed E-state index contributed by atoms with van der Waals surface area (Å²) in [7, 11) is 1.22. The van der Waals surface area contributed by atoms with E-state index >= 15 is 0 Å². The van der Waals surface area contributed by atoms with Crippen molar-refractivity contribution in [1.82, 2.24) is 0 Å². The minimum atomic E-state index is -1.01. The lowest BCUT2D eigenvalue weighted by Crippen LogP contribution is -2.50. The van der Waals surface area contributed by atoms with Crippen molar-refractivity contribution in [3.8, 4) is 0 Å². The fraction of sp³-hybridized carbons (Fsp3) is 0.692. The second-order valence-electron chi connectivity index (χ2n) is 5.25. The summed E-state index contributed by atoms with van der Waals surface area (Å²) < 4.78 is 4.65. The Balaban J connectivity index is 3.01. The van der Waals surface area contributed by atoms with Crippen LogP contribution in [0.5, 0.6) is 0 Å². The van der Waals surface area contributed by atoms with Crippen LogP contribution in [0.1, 0.15) is 20.3 Å². The lowest BCUT2D eigenvalue weighted by molar-refractivity contribution is -0.159. The zero-order chi connectivity index (χ0) is 14.6. The lowest BCUT2D eigenvalue weighted by Gasteiger charge is -2.36. The summed E-state index contributed by atoms with van der Waals surface area (Å²) in [6.45, 7) is 3.37. The number of aliphatic hydroxyl groups is 1. The number of ether oxygens (including phenoxy) is 1. The van der Waals surface area contributed by atoms with E-state index in [1.807, 2.05) is 0 Å². The zero-order valence-corrected chi connectivity index (χ0v) is 11.4. The molecule has 1 aliphatic carbocycles. The number of esters is 1. The van der Waals surface area contributed by atoms with Crippen LogP contribution >= 0.6 is 0 Å². The quantitative estimate of drug-likeness (QED) is 0.441. The number of hydrogen-bond donors (Lipinski definition) is 1. The minimum absolute atomic E-state index is 0.119. The average molecular weight is 269 g/mol. The van der Waals surface area contributed by atoms with E-state index < -0.39 is 29.0 Å². The van der Waals surface area contributed by atoms with Gasteiger partial charge < -0.3 is 9.84 Å². The molecule has 6 heteroatoms. The smallest absolute Gasteiger partial charge is 0.316 e. The summed E-state index contributed by atoms with van der Waals surface area (Å²) in [4.78, 5) is 39.8. The molecule has 0 radical (unpaired) electrons. The molecule has 0 aromatic heterocycles. The molecule has 0 aliphatic heterocycles. The number of aliphatic imine (C=N–C) groups is 1. The standard InChI is InChI=1S/C13H19NO5/c1-13(2)6-9(16)8(7-14-4-5-15)11(17)10(13)12(18)19-3/h7-8,10,15H,4-6H2,1-3H3/t8-,10-/m0/s1. The van der Waals surface area contributed by atoms with E-state index in [4.69, 9.17) is 5.11 Å². The van der Waals surface area contributed by atoms with E-state index in [1.54, 1.807) is 13.8 Å². The Kier molecular flexibility index (Phi) is 4.94. The van der Waals surface area contributed by atoms with E-state index in [0.29, 0.717) is 0 Å². The summed E-state index contributed by atoms with van der Waals surface area (Å²) in [6.07, 6.45) is 1.35. The van der Waals surface area contributed by atoms with Gasteiger partial charge in [-0.05, 0) is 5.41 Å². The van der Waals surface area contributed by atoms with Crippen LogP contribution < -0.4 is 0 Å². The highest BCUT2D eigenvalue weighted by Gasteiger charge is 2.51. The van der Waals surface area contributed by atoms with Crippen molar-refractivity contribution in [3.63, 3.8) is 0 Å². The van der Waals surface area contributed by atoms with Crippen LogP contribution in [0.3, 0.4) is 0 Å². The number of ketones is 2. The highest BCUT2D eigenvalue weighted by molar-refractivity contribution is 6.21. The Morgan fingerprint density at radius 1 is 1.53 bits per heavy atom. The Bertz CT molecular complexity index is 413. The molecular weight excluding hydrogens is 250 g/mol. The molecule has 106 valence electrons. The molecule has 0 saturated heterocycles. The molecule has 0 heterocycles. The van der Waals surface area contributed by atoms with Gasteiger partial charge >= 0.3 is 5.97 Å². The maximum absolute atomic E-state index is 12.3. The van der Waals surface area contributed by atoms with E-state index in [1.165, 1.54) is 13.3 Å². The first kappa shape index (κ1) is 15.5. The van der Waals surface area contributed by atoms with Gasteiger partial charge in [-0.25, -0.2) is 0 Å². The number of carbonyl (C=O) groups is 3. The number of Topliss-reactive ketones (excluding diaryl/α,β-unsaturated/α-hetero) is 2. The summed E-state index contributed by atoms with van der Waals surface area (Å²) in [6, 6.07) is 0. The van der Waals surface area contributed by atoms with Crippen LogP contribution in [0, 0.1) is 17.3 Å². The van der Waals surface area contributed by atoms with E-state index in [0.717, 1.165) is 0 Å². The van der Waals surface area contributed by atoms with E-state index in [9.17, 15) is 14.4 Å². The largest absolute Gasteiger partial charge is 0.468 e. The van der Waals surface area contributed by atoms with Crippen molar-refractivity contribution in [2.24, 2.45) is 22.2 Å². The molecule has 0 spiro atoms. The topological polar surface area (TPSA) is 93.0 Å². The van der Waals surface area contributed by atoms with Gasteiger partial charge in [-0.15, -0.1) is 0 Å². The van der Waals surface area contributed by atoms with Crippen LogP contribution in [-0.2, 0) is 19.1 Å². The second kappa shape index (κ2) is 6.06. The fourth-order valence-corrected chi connectivity index (χ4v) is 2.33. The van der Waals surface area contributed by atoms with Crippen molar-refractivity contribution >= 4 is 23.8 Å². The molecule has 2 atom stereocenters. The first-order valence-corrected chi connectivity index (χ1v) is 6.10. The molecule has 1 aliphatic rings. The highest BCUT2D eigenvalue weighted by Crippen LogP contribution is 2.39. The number of carbonyl (C=O) groups excluding carboxylic acids is 3. The minimum Gasteiger partial charge on any atom is -0.468 e. The molecule has 19 heavy (non-hydrogen) atoms.